The number of piperidine rings is 1. The molecule has 40 heavy (non-hydrogen) atoms. The Hall–Kier alpha value is -2.90. The summed E-state index contributed by atoms with van der Waals surface area (Å²) in [7, 11) is 1.17. The summed E-state index contributed by atoms with van der Waals surface area (Å²) in [6, 6.07) is 5.49. The molecule has 5 nitrogen and oxygen atoms in total. The largest absolute Gasteiger partial charge is 0.492 e. The van der Waals surface area contributed by atoms with Crippen molar-refractivity contribution >= 4 is 17.6 Å². The number of hydrogen-bond donors (Lipinski definition) is 0. The van der Waals surface area contributed by atoms with Gasteiger partial charge in [-0.3, -0.25) is 4.90 Å². The first-order chi connectivity index (χ1) is 18.9. The molecule has 0 spiro atoms. The third-order valence-corrected chi connectivity index (χ3v) is 7.67. The maximum Gasteiger partial charge on any atom is 0.416 e. The molecule has 2 aliphatic rings. The van der Waals surface area contributed by atoms with E-state index in [1.807, 2.05) is 13.8 Å². The number of benzene rings is 2. The monoisotopic (exact) mass is 586 g/mol. The van der Waals surface area contributed by atoms with Crippen molar-refractivity contribution in [3.05, 3.63) is 63.2 Å². The molecule has 218 valence electrons. The van der Waals surface area contributed by atoms with Crippen LogP contribution in [-0.4, -0.2) is 37.7 Å². The summed E-state index contributed by atoms with van der Waals surface area (Å²) in [5, 5.41) is 9.37. The van der Waals surface area contributed by atoms with Crippen molar-refractivity contribution in [2.24, 2.45) is 5.41 Å². The molecule has 2 aromatic rings. The van der Waals surface area contributed by atoms with Crippen LogP contribution in [-0.2, 0) is 10.9 Å². The molecule has 4 rings (SSSR count). The average Bonchev–Trinajstić information content (AvgIpc) is 3.79. The van der Waals surface area contributed by atoms with Crippen molar-refractivity contribution in [2.75, 3.05) is 26.8 Å². The lowest BCUT2D eigenvalue weighted by atomic mass is 9.80. The lowest BCUT2D eigenvalue weighted by molar-refractivity contribution is -0.137. The van der Waals surface area contributed by atoms with Crippen molar-refractivity contribution in [3.8, 4) is 11.8 Å². The maximum absolute atomic E-state index is 14.7. The summed E-state index contributed by atoms with van der Waals surface area (Å²) in [5.41, 5.74) is -1.62. The van der Waals surface area contributed by atoms with Crippen LogP contribution in [0.2, 0.25) is 5.02 Å². The molecule has 1 aliphatic heterocycles. The minimum atomic E-state index is -4.67. The second-order valence-electron chi connectivity index (χ2n) is 9.89. The normalized spacial score (nSPS) is 17.7. The summed E-state index contributed by atoms with van der Waals surface area (Å²) in [6.45, 7) is 6.16. The van der Waals surface area contributed by atoms with Gasteiger partial charge in [0.15, 0.2) is 0 Å². The Labute approximate surface area is 235 Å². The number of likely N-dealkylation sites (tertiary alicyclic amines) is 1. The number of esters is 1. The van der Waals surface area contributed by atoms with Gasteiger partial charge in [0.25, 0.3) is 0 Å². The predicted molar refractivity (Wildman–Crippen MR) is 140 cm³/mol. The average molecular weight is 587 g/mol. The minimum Gasteiger partial charge on any atom is -0.492 e. The van der Waals surface area contributed by atoms with Gasteiger partial charge in [0.1, 0.15) is 24.0 Å². The number of carbonyl (C=O) groups excluding carboxylic acids is 1. The van der Waals surface area contributed by atoms with E-state index in [9.17, 15) is 32.0 Å². The fourth-order valence-corrected chi connectivity index (χ4v) is 5.02. The molecule has 2 aromatic carbocycles. The van der Waals surface area contributed by atoms with E-state index >= 15 is 0 Å². The summed E-state index contributed by atoms with van der Waals surface area (Å²) in [6.07, 6.45) is -2.31. The molecular weight excluding hydrogens is 555 g/mol. The molecule has 1 unspecified atom stereocenters. The van der Waals surface area contributed by atoms with Crippen LogP contribution in [0.1, 0.15) is 85.5 Å². The third kappa shape index (κ3) is 6.87. The van der Waals surface area contributed by atoms with E-state index in [0.717, 1.165) is 25.0 Å². The number of nitrogens with zero attached hydrogens (tertiary/aromatic N) is 2. The fourth-order valence-electron chi connectivity index (χ4n) is 4.79. The number of ether oxygens (including phenoxy) is 2. The summed E-state index contributed by atoms with van der Waals surface area (Å²) < 4.78 is 79.6. The van der Waals surface area contributed by atoms with Gasteiger partial charge >= 0.3 is 12.1 Å². The highest BCUT2D eigenvalue weighted by Gasteiger charge is 2.39. The molecule has 2 fully saturated rings. The van der Waals surface area contributed by atoms with Gasteiger partial charge in [-0.1, -0.05) is 25.4 Å². The number of halogens is 6. The van der Waals surface area contributed by atoms with Crippen molar-refractivity contribution in [2.45, 2.75) is 64.6 Å². The lowest BCUT2D eigenvalue weighted by Crippen LogP contribution is -2.43. The molecule has 0 aromatic heterocycles. The second kappa shape index (κ2) is 12.7. The van der Waals surface area contributed by atoms with E-state index in [0.29, 0.717) is 37.6 Å². The van der Waals surface area contributed by atoms with Gasteiger partial charge in [-0.15, -0.1) is 0 Å². The van der Waals surface area contributed by atoms with E-state index in [1.165, 1.54) is 13.2 Å². The standard InChI is InChI=1S/C27H26ClF5N2O3.C2H6/c1-15(18-9-17(27(31,32)33)10-21(28)24(18)30)35-7-5-26(13-34,6-8-35)14-38-23-12-22(29)20(25(36)37-2)11-19(23)16-3-4-16;1-2/h9-12,15-16H,3-8,14H2,1-2H3;1-2H3. The van der Waals surface area contributed by atoms with Crippen molar-refractivity contribution in [3.63, 3.8) is 0 Å². The van der Waals surface area contributed by atoms with Crippen LogP contribution in [0.5, 0.6) is 5.75 Å². The Morgan fingerprint density at radius 1 is 1.18 bits per heavy atom. The van der Waals surface area contributed by atoms with Gasteiger partial charge in [0, 0.05) is 30.8 Å². The number of nitriles is 1. The SMILES string of the molecule is CC.COC(=O)c1cc(C2CC2)c(OCC2(C#N)CCN(C(C)c3cc(C(F)(F)F)cc(Cl)c3F)CC2)cc1F. The number of methoxy groups -OCH3 is 1. The zero-order chi connectivity index (χ0) is 29.8. The van der Waals surface area contributed by atoms with Gasteiger partial charge in [0.05, 0.1) is 34.7 Å². The molecule has 0 N–H and O–H groups in total. The summed E-state index contributed by atoms with van der Waals surface area (Å²) >= 11 is 5.76. The molecule has 1 saturated heterocycles. The minimum absolute atomic E-state index is 0.0355. The Bertz CT molecular complexity index is 1270. The van der Waals surface area contributed by atoms with Crippen LogP contribution in [0, 0.1) is 28.4 Å². The molecule has 1 atom stereocenters. The van der Waals surface area contributed by atoms with Gasteiger partial charge < -0.3 is 9.47 Å². The highest BCUT2D eigenvalue weighted by Crippen LogP contribution is 2.46. The molecule has 0 amide bonds. The topological polar surface area (TPSA) is 62.6 Å². The maximum atomic E-state index is 14.7. The van der Waals surface area contributed by atoms with Gasteiger partial charge in [-0.2, -0.15) is 18.4 Å². The molecule has 1 aliphatic carbocycles. The molecular formula is C29H32ClF5N2O3. The van der Waals surface area contributed by atoms with Crippen molar-refractivity contribution in [1.29, 1.82) is 5.26 Å². The van der Waals surface area contributed by atoms with E-state index in [-0.39, 0.29) is 29.4 Å². The number of rotatable bonds is 7. The predicted octanol–water partition coefficient (Wildman–Crippen LogP) is 8.07. The van der Waals surface area contributed by atoms with Crippen molar-refractivity contribution in [1.82, 2.24) is 4.90 Å². The van der Waals surface area contributed by atoms with Crippen LogP contribution < -0.4 is 4.74 Å². The van der Waals surface area contributed by atoms with Gasteiger partial charge in [-0.25, -0.2) is 13.6 Å². The zero-order valence-electron chi connectivity index (χ0n) is 22.8. The Morgan fingerprint density at radius 2 is 1.80 bits per heavy atom. The smallest absolute Gasteiger partial charge is 0.416 e. The summed E-state index contributed by atoms with van der Waals surface area (Å²) in [5.74, 6) is -2.08. The Kier molecular flexibility index (Phi) is 10.1. The first-order valence-electron chi connectivity index (χ1n) is 13.1. The fraction of sp³-hybridized carbons (Fsp3) is 0.517. The Morgan fingerprint density at radius 3 is 2.33 bits per heavy atom. The van der Waals surface area contributed by atoms with E-state index in [1.54, 1.807) is 11.8 Å². The molecule has 0 bridgehead atoms. The van der Waals surface area contributed by atoms with Gasteiger partial charge in [0.2, 0.25) is 0 Å². The first-order valence-corrected chi connectivity index (χ1v) is 13.5. The quantitative estimate of drug-likeness (QED) is 0.242. The highest BCUT2D eigenvalue weighted by molar-refractivity contribution is 6.30. The molecule has 1 saturated carbocycles. The molecule has 0 radical (unpaired) electrons. The van der Waals surface area contributed by atoms with Crippen LogP contribution in [0.15, 0.2) is 24.3 Å². The number of carbonyl (C=O) groups is 1. The Balaban J connectivity index is 0.00000216. The van der Waals surface area contributed by atoms with E-state index in [2.05, 4.69) is 10.8 Å². The van der Waals surface area contributed by atoms with Crippen molar-refractivity contribution < 1.29 is 36.2 Å². The molecule has 1 heterocycles. The van der Waals surface area contributed by atoms with E-state index < -0.39 is 45.8 Å². The lowest BCUT2D eigenvalue weighted by Gasteiger charge is -2.40. The second-order valence-corrected chi connectivity index (χ2v) is 10.3. The first kappa shape index (κ1) is 31.6. The van der Waals surface area contributed by atoms with E-state index in [4.69, 9.17) is 16.3 Å². The molecule has 11 heteroatoms. The number of alkyl halides is 3. The van der Waals surface area contributed by atoms with Crippen LogP contribution in [0.4, 0.5) is 22.0 Å². The summed E-state index contributed by atoms with van der Waals surface area (Å²) in [4.78, 5) is 13.7. The van der Waals surface area contributed by atoms with Crippen LogP contribution >= 0.6 is 11.6 Å². The highest BCUT2D eigenvalue weighted by atomic mass is 35.5. The van der Waals surface area contributed by atoms with Crippen LogP contribution in [0.3, 0.4) is 0 Å². The van der Waals surface area contributed by atoms with Gasteiger partial charge in [-0.05, 0) is 62.3 Å². The third-order valence-electron chi connectivity index (χ3n) is 7.40. The zero-order valence-corrected chi connectivity index (χ0v) is 23.6. The number of hydrogen-bond acceptors (Lipinski definition) is 5. The van der Waals surface area contributed by atoms with Crippen LogP contribution in [0.25, 0.3) is 0 Å².